The molecule has 4 aromatic rings. The molecule has 7 amide bonds. The molecular formula is C50H64N10O12S2. The topological polar surface area (TPSA) is 366 Å². The number of fused-ring (bicyclic) bond motifs is 1. The average molecular weight is 1060 g/mol. The fraction of sp³-hybridized carbons (Fsp3) is 0.420. The number of phenols is 1. The number of hydrogen-bond donors (Lipinski definition) is 13. The maximum atomic E-state index is 14.8. The summed E-state index contributed by atoms with van der Waals surface area (Å²) < 4.78 is -1.42. The molecule has 24 heteroatoms. The van der Waals surface area contributed by atoms with Crippen LogP contribution in [0.3, 0.4) is 0 Å². The van der Waals surface area contributed by atoms with Crippen molar-refractivity contribution in [3.63, 3.8) is 0 Å². The number of H-pyrrole nitrogens is 1. The maximum Gasteiger partial charge on any atom is 0.326 e. The van der Waals surface area contributed by atoms with Crippen molar-refractivity contribution >= 4 is 85.8 Å². The van der Waals surface area contributed by atoms with Crippen molar-refractivity contribution in [1.82, 2.24) is 42.2 Å². The number of aromatic amines is 1. The van der Waals surface area contributed by atoms with Crippen molar-refractivity contribution in [2.45, 2.75) is 113 Å². The van der Waals surface area contributed by atoms with Crippen LogP contribution in [0.4, 0.5) is 0 Å². The number of benzene rings is 3. The zero-order valence-electron chi connectivity index (χ0n) is 41.2. The summed E-state index contributed by atoms with van der Waals surface area (Å²) in [7, 11) is 1.90. The number of aliphatic carboxylic acids is 2. The lowest BCUT2D eigenvalue weighted by atomic mass is 9.98. The van der Waals surface area contributed by atoms with Crippen LogP contribution < -0.4 is 48.7 Å². The van der Waals surface area contributed by atoms with Crippen LogP contribution in [0.5, 0.6) is 5.75 Å². The summed E-state index contributed by atoms with van der Waals surface area (Å²) in [5.74, 6) is -10.1. The van der Waals surface area contributed by atoms with Crippen LogP contribution in [0.25, 0.3) is 10.9 Å². The Morgan fingerprint density at radius 2 is 1.27 bits per heavy atom. The fourth-order valence-electron chi connectivity index (χ4n) is 7.98. The van der Waals surface area contributed by atoms with E-state index in [0.717, 1.165) is 32.5 Å². The lowest BCUT2D eigenvalue weighted by Crippen LogP contribution is -2.63. The first-order valence-electron chi connectivity index (χ1n) is 23.8. The van der Waals surface area contributed by atoms with E-state index in [1.165, 1.54) is 24.3 Å². The molecule has 1 aromatic heterocycles. The van der Waals surface area contributed by atoms with Gasteiger partial charge < -0.3 is 69.0 Å². The summed E-state index contributed by atoms with van der Waals surface area (Å²) in [5, 5.41) is 48.8. The largest absolute Gasteiger partial charge is 0.508 e. The second-order valence-corrected chi connectivity index (χ2v) is 21.7. The highest BCUT2D eigenvalue weighted by Crippen LogP contribution is 2.39. The van der Waals surface area contributed by atoms with E-state index >= 15 is 0 Å². The summed E-state index contributed by atoms with van der Waals surface area (Å²) in [6.45, 7) is 6.10. The standard InChI is InChI=1S/C50H64N10O12S2/c1-26(2)40(49(71)72)59-47(69)38-25-73-74-50(3,4)41(60-42(64)32(52)23-39(62)63)48(70)57-36(20-27-10-6-5-7-11-27)44(66)56-37(22-29-24-53-33-13-9-8-12-31(29)33)46(68)54-34(18-19-51)43(65)55-35(45(67)58-38)21-28-14-16-30(61)17-15-28/h5-17,24,26,32,34-38,40-41,53,61H,18-23,25,51-52H2,1-4H3,(H,54,68)(H,55,65)(H,56,66)(H,57,70)(H,58,67)(H,59,69)(H,60,64)(H,62,63)(H,71,72)/t32-,34?,35-,36-,37+,38-,40-,41?/m0/s1. The Kier molecular flexibility index (Phi) is 20.8. The number of carboxylic acids is 2. The number of phenolic OH excluding ortho intramolecular Hbond substituents is 1. The number of carbonyl (C=O) groups excluding carboxylic acids is 7. The zero-order valence-corrected chi connectivity index (χ0v) is 42.8. The zero-order chi connectivity index (χ0) is 54.3. The number of para-hydroxylation sites is 1. The molecule has 1 aliphatic heterocycles. The minimum atomic E-state index is -1.62. The van der Waals surface area contributed by atoms with Gasteiger partial charge in [0.2, 0.25) is 41.4 Å². The van der Waals surface area contributed by atoms with Crippen LogP contribution in [0.1, 0.15) is 57.2 Å². The summed E-state index contributed by atoms with van der Waals surface area (Å²) in [5.41, 5.74) is 14.3. The minimum Gasteiger partial charge on any atom is -0.508 e. The normalized spacial score (nSPS) is 22.2. The monoisotopic (exact) mass is 1060 g/mol. The third kappa shape index (κ3) is 16.4. The van der Waals surface area contributed by atoms with Crippen molar-refractivity contribution in [2.75, 3.05) is 12.3 Å². The first kappa shape index (κ1) is 57.7. The Morgan fingerprint density at radius 1 is 0.730 bits per heavy atom. The van der Waals surface area contributed by atoms with Gasteiger partial charge in [0.05, 0.1) is 12.5 Å². The third-order valence-electron chi connectivity index (χ3n) is 12.1. The molecule has 5 rings (SSSR count). The molecule has 2 unspecified atom stereocenters. The van der Waals surface area contributed by atoms with E-state index in [9.17, 15) is 58.5 Å². The van der Waals surface area contributed by atoms with Crippen LogP contribution in [-0.4, -0.2) is 139 Å². The van der Waals surface area contributed by atoms with Crippen LogP contribution in [0.15, 0.2) is 85.1 Å². The van der Waals surface area contributed by atoms with E-state index in [1.807, 2.05) is 18.2 Å². The maximum absolute atomic E-state index is 14.8. The molecule has 1 fully saturated rings. The van der Waals surface area contributed by atoms with Crippen LogP contribution in [-0.2, 0) is 62.4 Å². The molecule has 1 aliphatic rings. The van der Waals surface area contributed by atoms with Gasteiger partial charge in [0.25, 0.3) is 0 Å². The Morgan fingerprint density at radius 3 is 1.86 bits per heavy atom. The number of carbonyl (C=O) groups is 9. The number of nitrogens with two attached hydrogens (primary N) is 2. The number of aromatic nitrogens is 1. The summed E-state index contributed by atoms with van der Waals surface area (Å²) in [6.07, 6.45) is 0.226. The number of amides is 7. The van der Waals surface area contributed by atoms with Crippen LogP contribution in [0.2, 0.25) is 0 Å². The number of rotatable bonds is 16. The van der Waals surface area contributed by atoms with E-state index in [-0.39, 0.29) is 43.7 Å². The van der Waals surface area contributed by atoms with Gasteiger partial charge in [0.15, 0.2) is 0 Å². The van der Waals surface area contributed by atoms with Crippen molar-refractivity contribution in [2.24, 2.45) is 17.4 Å². The van der Waals surface area contributed by atoms with Gasteiger partial charge in [-0.15, -0.1) is 0 Å². The second-order valence-electron chi connectivity index (χ2n) is 18.7. The molecule has 74 heavy (non-hydrogen) atoms. The quantitative estimate of drug-likeness (QED) is 0.0674. The van der Waals surface area contributed by atoms with Crippen LogP contribution in [0, 0.1) is 5.92 Å². The molecule has 8 atom stereocenters. The summed E-state index contributed by atoms with van der Waals surface area (Å²) in [6, 6.07) is 9.70. The lowest BCUT2D eigenvalue weighted by molar-refractivity contribution is -0.143. The first-order chi connectivity index (χ1) is 35.1. The van der Waals surface area contributed by atoms with E-state index in [1.54, 1.807) is 70.3 Å². The summed E-state index contributed by atoms with van der Waals surface area (Å²) >= 11 is 0. The number of nitrogens with one attached hydrogen (secondary N) is 8. The van der Waals surface area contributed by atoms with Gasteiger partial charge in [-0.25, -0.2) is 4.79 Å². The van der Waals surface area contributed by atoms with Gasteiger partial charge in [-0.05, 0) is 67.6 Å². The van der Waals surface area contributed by atoms with Gasteiger partial charge in [-0.1, -0.05) is 96.1 Å². The number of aromatic hydroxyl groups is 1. The Hall–Kier alpha value is -7.15. The van der Waals surface area contributed by atoms with Gasteiger partial charge in [-0.3, -0.25) is 38.4 Å². The molecule has 0 spiro atoms. The first-order valence-corrected chi connectivity index (χ1v) is 26.1. The SMILES string of the molecule is CC(C)[C@H](NC(=O)[C@@H]1CSSC(C)(C)C(NC(=O)[C@@H](N)CC(=O)O)C(=O)N[C@@H](Cc2ccccc2)C(=O)N[C@H](Cc2c[nH]c3ccccc23)C(=O)NC(CCN)C(=O)N[C@@H](Cc2ccc(O)cc2)C(=O)N1)C(=O)O. The Balaban J connectivity index is 1.65. The molecule has 0 saturated carbocycles. The molecule has 398 valence electrons. The van der Waals surface area contributed by atoms with Crippen molar-refractivity contribution in [3.05, 3.63) is 102 Å². The van der Waals surface area contributed by atoms with Gasteiger partial charge in [0.1, 0.15) is 48.0 Å². The average Bonchev–Trinajstić information content (AvgIpc) is 3.75. The molecule has 3 aromatic carbocycles. The molecule has 2 heterocycles. The minimum absolute atomic E-state index is 0.0837. The highest BCUT2D eigenvalue weighted by Gasteiger charge is 2.42. The van der Waals surface area contributed by atoms with E-state index in [2.05, 4.69) is 42.2 Å². The second kappa shape index (κ2) is 26.7. The van der Waals surface area contributed by atoms with Crippen LogP contribution >= 0.6 is 21.6 Å². The number of hydrogen-bond acceptors (Lipinski definition) is 14. The van der Waals surface area contributed by atoms with E-state index < -0.39 is 119 Å². The van der Waals surface area contributed by atoms with E-state index in [4.69, 9.17) is 11.5 Å². The number of carboxylic acid groups (broad SMARTS) is 2. The van der Waals surface area contributed by atoms with Crippen molar-refractivity contribution in [3.8, 4) is 5.75 Å². The predicted octanol–water partition coefficient (Wildman–Crippen LogP) is 0.360. The highest BCUT2D eigenvalue weighted by atomic mass is 33.1. The van der Waals surface area contributed by atoms with Crippen molar-refractivity contribution in [1.29, 1.82) is 0 Å². The molecule has 1 saturated heterocycles. The molecular weight excluding hydrogens is 997 g/mol. The molecule has 22 nitrogen and oxygen atoms in total. The molecule has 15 N–H and O–H groups in total. The molecule has 0 radical (unpaired) electrons. The van der Waals surface area contributed by atoms with Gasteiger partial charge >= 0.3 is 11.9 Å². The highest BCUT2D eigenvalue weighted by molar-refractivity contribution is 8.77. The Labute approximate surface area is 434 Å². The van der Waals surface area contributed by atoms with E-state index in [0.29, 0.717) is 16.7 Å². The molecule has 0 aliphatic carbocycles. The molecule has 0 bridgehead atoms. The summed E-state index contributed by atoms with van der Waals surface area (Å²) in [4.78, 5) is 128. The van der Waals surface area contributed by atoms with Gasteiger partial charge in [0, 0.05) is 46.9 Å². The third-order valence-corrected chi connectivity index (χ3v) is 15.4. The Bertz CT molecular complexity index is 2650. The smallest absolute Gasteiger partial charge is 0.326 e. The fourth-order valence-corrected chi connectivity index (χ4v) is 10.8. The lowest BCUT2D eigenvalue weighted by Gasteiger charge is -2.35. The van der Waals surface area contributed by atoms with Crippen molar-refractivity contribution < 1.29 is 58.5 Å². The predicted molar refractivity (Wildman–Crippen MR) is 278 cm³/mol. The van der Waals surface area contributed by atoms with Gasteiger partial charge in [-0.2, -0.15) is 0 Å².